The van der Waals surface area contributed by atoms with E-state index in [4.69, 9.17) is 0 Å². The van der Waals surface area contributed by atoms with Gasteiger partial charge in [-0.3, -0.25) is 9.69 Å². The second-order valence-electron chi connectivity index (χ2n) is 7.95. The number of nitrogens with zero attached hydrogens (tertiary/aromatic N) is 2. The average Bonchev–Trinajstić information content (AvgIpc) is 3.18. The van der Waals surface area contributed by atoms with Gasteiger partial charge in [-0.15, -0.1) is 0 Å². The van der Waals surface area contributed by atoms with E-state index in [1.807, 2.05) is 18.0 Å². The minimum absolute atomic E-state index is 0.142. The molecule has 1 fully saturated rings. The summed E-state index contributed by atoms with van der Waals surface area (Å²) in [6, 6.07) is 9.38. The van der Waals surface area contributed by atoms with Crippen LogP contribution in [-0.4, -0.2) is 55.5 Å². The average molecular weight is 418 g/mol. The van der Waals surface area contributed by atoms with Crippen LogP contribution >= 0.6 is 0 Å². The van der Waals surface area contributed by atoms with Crippen molar-refractivity contribution in [2.24, 2.45) is 0 Å². The van der Waals surface area contributed by atoms with Crippen molar-refractivity contribution in [1.82, 2.24) is 9.80 Å². The number of fused-ring (bicyclic) bond motifs is 1. The summed E-state index contributed by atoms with van der Waals surface area (Å²) in [5, 5.41) is 5.81. The minimum atomic E-state index is -4.49. The number of nitrogens with one attached hydrogen (secondary N) is 2. The molecule has 2 aromatic rings. The predicted molar refractivity (Wildman–Crippen MR) is 111 cm³/mol. The molecule has 0 aromatic heterocycles. The van der Waals surface area contributed by atoms with E-state index in [-0.39, 0.29) is 17.8 Å². The topological polar surface area (TPSA) is 47.6 Å². The van der Waals surface area contributed by atoms with E-state index in [2.05, 4.69) is 15.5 Å². The van der Waals surface area contributed by atoms with Gasteiger partial charge in [0, 0.05) is 56.2 Å². The third kappa shape index (κ3) is 4.60. The van der Waals surface area contributed by atoms with Gasteiger partial charge in [-0.2, -0.15) is 13.2 Å². The first-order valence-corrected chi connectivity index (χ1v) is 10.1. The van der Waals surface area contributed by atoms with Gasteiger partial charge in [0.05, 0.1) is 5.56 Å². The zero-order valence-electron chi connectivity index (χ0n) is 16.9. The van der Waals surface area contributed by atoms with Crippen LogP contribution in [-0.2, 0) is 19.1 Å². The van der Waals surface area contributed by atoms with Gasteiger partial charge in [0.1, 0.15) is 0 Å². The molecule has 5 nitrogen and oxygen atoms in total. The first-order chi connectivity index (χ1) is 14.3. The van der Waals surface area contributed by atoms with Gasteiger partial charge in [0.15, 0.2) is 0 Å². The number of alkyl halides is 3. The molecule has 30 heavy (non-hydrogen) atoms. The van der Waals surface area contributed by atoms with Crippen molar-refractivity contribution in [3.8, 4) is 0 Å². The zero-order valence-corrected chi connectivity index (χ0v) is 16.9. The van der Waals surface area contributed by atoms with Crippen LogP contribution in [0.15, 0.2) is 36.4 Å². The Labute approximate surface area is 173 Å². The maximum absolute atomic E-state index is 13.7. The molecule has 0 radical (unpaired) electrons. The normalized spacial score (nSPS) is 17.5. The number of piperazine rings is 1. The summed E-state index contributed by atoms with van der Waals surface area (Å²) in [6.07, 6.45) is -3.58. The Balaban J connectivity index is 1.52. The van der Waals surface area contributed by atoms with Gasteiger partial charge in [-0.1, -0.05) is 12.1 Å². The second-order valence-corrected chi connectivity index (χ2v) is 7.95. The highest BCUT2D eigenvalue weighted by atomic mass is 19.4. The highest BCUT2D eigenvalue weighted by molar-refractivity contribution is 6.05. The fraction of sp³-hybridized carbons (Fsp3) is 0.409. The quantitative estimate of drug-likeness (QED) is 0.796. The van der Waals surface area contributed by atoms with Crippen molar-refractivity contribution in [3.63, 3.8) is 0 Å². The predicted octanol–water partition coefficient (Wildman–Crippen LogP) is 3.67. The van der Waals surface area contributed by atoms with Crippen LogP contribution in [0.4, 0.5) is 24.5 Å². The third-order valence-electron chi connectivity index (χ3n) is 5.74. The summed E-state index contributed by atoms with van der Waals surface area (Å²) in [5.41, 5.74) is 2.13. The van der Waals surface area contributed by atoms with Gasteiger partial charge < -0.3 is 15.5 Å². The lowest BCUT2D eigenvalue weighted by molar-refractivity contribution is -0.138. The van der Waals surface area contributed by atoms with Crippen LogP contribution < -0.4 is 10.6 Å². The summed E-state index contributed by atoms with van der Waals surface area (Å²) in [7, 11) is 2.01. The summed E-state index contributed by atoms with van der Waals surface area (Å²) in [4.78, 5) is 16.8. The van der Waals surface area contributed by atoms with Crippen LogP contribution in [0.3, 0.4) is 0 Å². The van der Waals surface area contributed by atoms with Crippen molar-refractivity contribution in [3.05, 3.63) is 58.7 Å². The van der Waals surface area contributed by atoms with Gasteiger partial charge in [-0.05, 0) is 48.9 Å². The first kappa shape index (κ1) is 20.7. The van der Waals surface area contributed by atoms with Crippen molar-refractivity contribution >= 4 is 17.3 Å². The molecule has 2 aliphatic heterocycles. The number of hydrogen-bond acceptors (Lipinski definition) is 4. The maximum atomic E-state index is 13.7. The zero-order chi connectivity index (χ0) is 21.3. The number of amides is 1. The Morgan fingerprint density at radius 2 is 1.87 bits per heavy atom. The molecule has 0 saturated carbocycles. The van der Waals surface area contributed by atoms with Crippen molar-refractivity contribution in [2.45, 2.75) is 19.1 Å². The number of halogens is 3. The Hall–Kier alpha value is -2.58. The van der Waals surface area contributed by atoms with Crippen LogP contribution in [0.2, 0.25) is 0 Å². The number of carbonyl (C=O) groups excluding carboxylic acids is 1. The Morgan fingerprint density at radius 1 is 1.10 bits per heavy atom. The fourth-order valence-corrected chi connectivity index (χ4v) is 3.94. The number of likely N-dealkylation sites (N-methyl/N-ethyl adjacent to an activating group) is 1. The molecule has 0 atom stereocenters. The molecule has 2 heterocycles. The minimum Gasteiger partial charge on any atom is -0.384 e. The Kier molecular flexibility index (Phi) is 5.71. The van der Waals surface area contributed by atoms with Crippen molar-refractivity contribution < 1.29 is 18.0 Å². The molecule has 2 N–H and O–H groups in total. The molecule has 8 heteroatoms. The molecule has 0 unspecified atom stereocenters. The lowest BCUT2D eigenvalue weighted by atomic mass is 10.0. The molecular formula is C22H25F3N4O. The molecule has 2 aliphatic rings. The molecule has 0 spiro atoms. The third-order valence-corrected chi connectivity index (χ3v) is 5.74. The number of rotatable bonds is 4. The molecule has 160 valence electrons. The van der Waals surface area contributed by atoms with Gasteiger partial charge >= 0.3 is 6.18 Å². The highest BCUT2D eigenvalue weighted by Crippen LogP contribution is 2.35. The molecule has 1 saturated heterocycles. The Bertz CT molecular complexity index is 936. The molecule has 4 rings (SSSR count). The molecule has 0 bridgehead atoms. The van der Waals surface area contributed by atoms with E-state index in [1.54, 1.807) is 18.2 Å². The summed E-state index contributed by atoms with van der Waals surface area (Å²) in [6.45, 7) is 4.21. The van der Waals surface area contributed by atoms with Crippen LogP contribution in [0.1, 0.15) is 27.0 Å². The van der Waals surface area contributed by atoms with Crippen LogP contribution in [0, 0.1) is 0 Å². The number of benzene rings is 2. The van der Waals surface area contributed by atoms with Crippen molar-refractivity contribution in [1.29, 1.82) is 0 Å². The first-order valence-electron chi connectivity index (χ1n) is 10.1. The summed E-state index contributed by atoms with van der Waals surface area (Å²) in [5.74, 6) is -0.425. The number of carbonyl (C=O) groups is 1. The van der Waals surface area contributed by atoms with Crippen LogP contribution in [0.5, 0.6) is 0 Å². The monoisotopic (exact) mass is 418 g/mol. The molecule has 1 amide bonds. The lowest BCUT2D eigenvalue weighted by Crippen LogP contribution is -2.44. The van der Waals surface area contributed by atoms with E-state index in [9.17, 15) is 18.0 Å². The molecular weight excluding hydrogens is 393 g/mol. The lowest BCUT2D eigenvalue weighted by Gasteiger charge is -2.33. The van der Waals surface area contributed by atoms with E-state index >= 15 is 0 Å². The maximum Gasteiger partial charge on any atom is 0.416 e. The van der Waals surface area contributed by atoms with Gasteiger partial charge in [0.2, 0.25) is 0 Å². The highest BCUT2D eigenvalue weighted by Gasteiger charge is 2.34. The van der Waals surface area contributed by atoms with Crippen LogP contribution in [0.25, 0.3) is 0 Å². The fourth-order valence-electron chi connectivity index (χ4n) is 3.94. The SMILES string of the molecule is CN1CCN(Cc2ccc(NC(=O)c3ccc4c(c3)NCC4)cc2C(F)(F)F)CC1. The number of hydrogen-bond donors (Lipinski definition) is 2. The van der Waals surface area contributed by atoms with E-state index in [0.29, 0.717) is 5.56 Å². The Morgan fingerprint density at radius 3 is 2.60 bits per heavy atom. The second kappa shape index (κ2) is 8.28. The van der Waals surface area contributed by atoms with E-state index < -0.39 is 17.6 Å². The van der Waals surface area contributed by atoms with Gasteiger partial charge in [-0.25, -0.2) is 0 Å². The number of anilines is 2. The molecule has 0 aliphatic carbocycles. The summed E-state index contributed by atoms with van der Waals surface area (Å²) < 4.78 is 41.1. The standard InChI is InChI=1S/C22H25F3N4O/c1-28-8-10-29(11-9-28)14-17-4-5-18(13-19(17)22(23,24)25)27-21(30)16-3-2-15-6-7-26-20(15)12-16/h2-5,12-13,26H,6-11,14H2,1H3,(H,27,30). The van der Waals surface area contributed by atoms with Gasteiger partial charge in [0.25, 0.3) is 5.91 Å². The molecule has 2 aromatic carbocycles. The van der Waals surface area contributed by atoms with Crippen molar-refractivity contribution in [2.75, 3.05) is 50.4 Å². The van der Waals surface area contributed by atoms with E-state index in [1.165, 1.54) is 6.07 Å². The largest absolute Gasteiger partial charge is 0.416 e. The van der Waals surface area contributed by atoms with E-state index in [0.717, 1.165) is 56.5 Å². The summed E-state index contributed by atoms with van der Waals surface area (Å²) >= 11 is 0. The smallest absolute Gasteiger partial charge is 0.384 e.